The van der Waals surface area contributed by atoms with Gasteiger partial charge in [-0.3, -0.25) is 19.7 Å². The van der Waals surface area contributed by atoms with E-state index in [1.54, 1.807) is 11.0 Å². The summed E-state index contributed by atoms with van der Waals surface area (Å²) in [7, 11) is 0. The summed E-state index contributed by atoms with van der Waals surface area (Å²) >= 11 is 0. The standard InChI is InChI=1S/C15H17N3O3/c16-11-3-1-2-9(6-11)10-7-14(20)18(8-10)12-4-5-13(19)17-15(12)21/h1-3,6,10,12H,4-5,7-8,16H2,(H,17,19,21). The lowest BCUT2D eigenvalue weighted by molar-refractivity contribution is -0.143. The number of anilines is 1. The molecule has 3 rings (SSSR count). The monoisotopic (exact) mass is 287 g/mol. The van der Waals surface area contributed by atoms with Gasteiger partial charge in [0.1, 0.15) is 6.04 Å². The normalized spacial score (nSPS) is 26.1. The van der Waals surface area contributed by atoms with Gasteiger partial charge in [0.15, 0.2) is 0 Å². The van der Waals surface area contributed by atoms with Crippen molar-refractivity contribution in [3.8, 4) is 0 Å². The summed E-state index contributed by atoms with van der Waals surface area (Å²) in [6, 6.07) is 6.96. The Morgan fingerprint density at radius 3 is 2.76 bits per heavy atom. The lowest BCUT2D eigenvalue weighted by Crippen LogP contribution is -2.52. The third-order valence-corrected chi connectivity index (χ3v) is 4.13. The summed E-state index contributed by atoms with van der Waals surface area (Å²) < 4.78 is 0. The van der Waals surface area contributed by atoms with Gasteiger partial charge in [0.25, 0.3) is 0 Å². The zero-order valence-electron chi connectivity index (χ0n) is 11.5. The molecule has 2 unspecified atom stereocenters. The third kappa shape index (κ3) is 2.61. The summed E-state index contributed by atoms with van der Waals surface area (Å²) in [4.78, 5) is 36.9. The smallest absolute Gasteiger partial charge is 0.249 e. The first kappa shape index (κ1) is 13.6. The minimum atomic E-state index is -0.527. The molecule has 2 heterocycles. The van der Waals surface area contributed by atoms with Gasteiger partial charge in [0.2, 0.25) is 17.7 Å². The second-order valence-electron chi connectivity index (χ2n) is 5.58. The molecule has 3 N–H and O–H groups in total. The van der Waals surface area contributed by atoms with Crippen molar-refractivity contribution in [3.05, 3.63) is 29.8 Å². The highest BCUT2D eigenvalue weighted by Gasteiger charge is 2.40. The van der Waals surface area contributed by atoms with Crippen LogP contribution in [-0.2, 0) is 14.4 Å². The van der Waals surface area contributed by atoms with Crippen molar-refractivity contribution in [2.45, 2.75) is 31.2 Å². The number of nitrogen functional groups attached to an aromatic ring is 1. The Hall–Kier alpha value is -2.37. The van der Waals surface area contributed by atoms with Crippen LogP contribution in [0.4, 0.5) is 5.69 Å². The Bertz CT molecular complexity index is 614. The number of piperidine rings is 1. The number of hydrogen-bond acceptors (Lipinski definition) is 4. The van der Waals surface area contributed by atoms with Crippen LogP contribution in [0.1, 0.15) is 30.7 Å². The molecule has 2 aliphatic heterocycles. The minimum Gasteiger partial charge on any atom is -0.399 e. The van der Waals surface area contributed by atoms with Gasteiger partial charge in [-0.2, -0.15) is 0 Å². The first-order valence-electron chi connectivity index (χ1n) is 7.03. The van der Waals surface area contributed by atoms with Gasteiger partial charge >= 0.3 is 0 Å². The number of nitrogens with two attached hydrogens (primary N) is 1. The summed E-state index contributed by atoms with van der Waals surface area (Å²) in [5.74, 6) is -0.633. The average molecular weight is 287 g/mol. The Balaban J connectivity index is 1.76. The molecule has 6 heteroatoms. The molecule has 0 saturated carbocycles. The van der Waals surface area contributed by atoms with Crippen LogP contribution in [-0.4, -0.2) is 35.2 Å². The Kier molecular flexibility index (Phi) is 3.37. The summed E-state index contributed by atoms with van der Waals surface area (Å²) in [5.41, 5.74) is 7.45. The van der Waals surface area contributed by atoms with Crippen LogP contribution >= 0.6 is 0 Å². The molecule has 6 nitrogen and oxygen atoms in total. The quantitative estimate of drug-likeness (QED) is 0.608. The number of rotatable bonds is 2. The maximum atomic E-state index is 12.2. The van der Waals surface area contributed by atoms with Crippen LogP contribution in [0.15, 0.2) is 24.3 Å². The van der Waals surface area contributed by atoms with Crippen molar-refractivity contribution in [3.63, 3.8) is 0 Å². The van der Waals surface area contributed by atoms with Crippen LogP contribution in [0.25, 0.3) is 0 Å². The van der Waals surface area contributed by atoms with Gasteiger partial charge in [0.05, 0.1) is 0 Å². The molecule has 2 aliphatic rings. The fraction of sp³-hybridized carbons (Fsp3) is 0.400. The molecule has 0 aromatic heterocycles. The van der Waals surface area contributed by atoms with Crippen LogP contribution in [0.3, 0.4) is 0 Å². The van der Waals surface area contributed by atoms with E-state index in [0.717, 1.165) is 5.56 Å². The number of nitrogens with zero attached hydrogens (tertiary/aromatic N) is 1. The van der Waals surface area contributed by atoms with Gasteiger partial charge in [-0.15, -0.1) is 0 Å². The Labute approximate surface area is 122 Å². The fourth-order valence-electron chi connectivity index (χ4n) is 3.05. The fourth-order valence-corrected chi connectivity index (χ4v) is 3.05. The molecule has 21 heavy (non-hydrogen) atoms. The number of carbonyl (C=O) groups excluding carboxylic acids is 3. The van der Waals surface area contributed by atoms with E-state index in [9.17, 15) is 14.4 Å². The number of likely N-dealkylation sites (tertiary alicyclic amines) is 1. The third-order valence-electron chi connectivity index (χ3n) is 4.13. The average Bonchev–Trinajstić information content (AvgIpc) is 2.81. The highest BCUT2D eigenvalue weighted by molar-refractivity contribution is 6.02. The molecular formula is C15H17N3O3. The van der Waals surface area contributed by atoms with E-state index in [4.69, 9.17) is 5.73 Å². The predicted octanol–water partition coefficient (Wildman–Crippen LogP) is 0.390. The number of imide groups is 1. The van der Waals surface area contributed by atoms with E-state index in [1.165, 1.54) is 0 Å². The molecule has 1 aromatic carbocycles. The van der Waals surface area contributed by atoms with E-state index in [-0.39, 0.29) is 30.1 Å². The van der Waals surface area contributed by atoms with Gasteiger partial charge in [-0.05, 0) is 24.1 Å². The molecular weight excluding hydrogens is 270 g/mol. The van der Waals surface area contributed by atoms with Crippen LogP contribution in [0.2, 0.25) is 0 Å². The van der Waals surface area contributed by atoms with Crippen molar-refractivity contribution < 1.29 is 14.4 Å². The molecule has 2 atom stereocenters. The maximum absolute atomic E-state index is 12.2. The van der Waals surface area contributed by atoms with E-state index >= 15 is 0 Å². The number of hydrogen-bond donors (Lipinski definition) is 2. The van der Waals surface area contributed by atoms with Crippen LogP contribution in [0.5, 0.6) is 0 Å². The van der Waals surface area contributed by atoms with Crippen molar-refractivity contribution >= 4 is 23.4 Å². The Morgan fingerprint density at radius 1 is 1.24 bits per heavy atom. The maximum Gasteiger partial charge on any atom is 0.249 e. The highest BCUT2D eigenvalue weighted by Crippen LogP contribution is 2.31. The number of nitrogens with one attached hydrogen (secondary N) is 1. The molecule has 1 aromatic rings. The topological polar surface area (TPSA) is 92.5 Å². The summed E-state index contributed by atoms with van der Waals surface area (Å²) in [6.45, 7) is 0.495. The van der Waals surface area contributed by atoms with Crippen molar-refractivity contribution in [1.82, 2.24) is 10.2 Å². The molecule has 2 saturated heterocycles. The molecule has 0 aliphatic carbocycles. The zero-order chi connectivity index (χ0) is 15.0. The van der Waals surface area contributed by atoms with E-state index < -0.39 is 6.04 Å². The zero-order valence-corrected chi connectivity index (χ0v) is 11.5. The molecule has 0 radical (unpaired) electrons. The van der Waals surface area contributed by atoms with Gasteiger partial charge in [-0.25, -0.2) is 0 Å². The van der Waals surface area contributed by atoms with E-state index in [0.29, 0.717) is 25.1 Å². The summed E-state index contributed by atoms with van der Waals surface area (Å²) in [5, 5.41) is 2.30. The van der Waals surface area contributed by atoms with E-state index in [1.807, 2.05) is 18.2 Å². The van der Waals surface area contributed by atoms with Crippen molar-refractivity contribution in [1.29, 1.82) is 0 Å². The molecule has 0 spiro atoms. The predicted molar refractivity (Wildman–Crippen MR) is 76.1 cm³/mol. The van der Waals surface area contributed by atoms with Crippen LogP contribution < -0.4 is 11.1 Å². The summed E-state index contributed by atoms with van der Waals surface area (Å²) in [6.07, 6.45) is 1.06. The van der Waals surface area contributed by atoms with Gasteiger partial charge in [0, 0.05) is 31.0 Å². The molecule has 2 fully saturated rings. The SMILES string of the molecule is Nc1cccc(C2CC(=O)N(C3CCC(=O)NC3=O)C2)c1. The second-order valence-corrected chi connectivity index (χ2v) is 5.58. The van der Waals surface area contributed by atoms with Crippen molar-refractivity contribution in [2.75, 3.05) is 12.3 Å². The van der Waals surface area contributed by atoms with Gasteiger partial charge < -0.3 is 10.6 Å². The minimum absolute atomic E-state index is 0.0445. The first-order chi connectivity index (χ1) is 10.0. The number of carbonyl (C=O) groups is 3. The lowest BCUT2D eigenvalue weighted by atomic mass is 9.98. The lowest BCUT2D eigenvalue weighted by Gasteiger charge is -2.29. The largest absolute Gasteiger partial charge is 0.399 e. The Morgan fingerprint density at radius 2 is 2.05 bits per heavy atom. The molecule has 110 valence electrons. The van der Waals surface area contributed by atoms with Crippen LogP contribution in [0, 0.1) is 0 Å². The number of amides is 3. The number of benzene rings is 1. The van der Waals surface area contributed by atoms with E-state index in [2.05, 4.69) is 5.32 Å². The molecule has 0 bridgehead atoms. The second kappa shape index (κ2) is 5.20. The first-order valence-corrected chi connectivity index (χ1v) is 7.03. The molecule has 3 amide bonds. The van der Waals surface area contributed by atoms with Crippen molar-refractivity contribution in [2.24, 2.45) is 0 Å². The highest BCUT2D eigenvalue weighted by atomic mass is 16.2. The van der Waals surface area contributed by atoms with Gasteiger partial charge in [-0.1, -0.05) is 12.1 Å².